The van der Waals surface area contributed by atoms with Crippen LogP contribution in [0, 0.1) is 23.7 Å². The van der Waals surface area contributed by atoms with E-state index >= 15 is 0 Å². The Bertz CT molecular complexity index is 1170. The first-order valence-electron chi connectivity index (χ1n) is 16.0. The van der Waals surface area contributed by atoms with Crippen molar-refractivity contribution in [3.63, 3.8) is 0 Å². The Morgan fingerprint density at radius 2 is 1.91 bits per heavy atom. The van der Waals surface area contributed by atoms with Gasteiger partial charge in [0.25, 0.3) is 5.91 Å². The van der Waals surface area contributed by atoms with Gasteiger partial charge in [-0.25, -0.2) is 0 Å². The first-order chi connectivity index (χ1) is 20.4. The number of methoxy groups -OCH3 is 1. The summed E-state index contributed by atoms with van der Waals surface area (Å²) in [6.45, 7) is 11.1. The van der Waals surface area contributed by atoms with Crippen LogP contribution in [0.1, 0.15) is 59.8 Å². The molecule has 1 saturated heterocycles. The molecule has 3 atom stereocenters. The van der Waals surface area contributed by atoms with E-state index in [2.05, 4.69) is 44.2 Å². The standard InChI is InChI=1S/C34H52N4O5/c1-23(2)17-24(22-36(5)6)9-13-30(39)25-18-26(21-35-20-25)32(40)38(27-10-11-27)28-12-14-31-29(19-28)37(15-8-16-42-7)33(41)34(3,4)43-31/h9,12-14,19,23-27,35H,8,10-11,15-18,20-22H2,1-7H3/b13-9+/t24?,25-,26+/m0/s1. The molecule has 0 bridgehead atoms. The zero-order chi connectivity index (χ0) is 31.3. The first-order valence-corrected chi connectivity index (χ1v) is 16.0. The summed E-state index contributed by atoms with van der Waals surface area (Å²) in [7, 11) is 5.77. The van der Waals surface area contributed by atoms with Crippen LogP contribution < -0.4 is 19.9 Å². The summed E-state index contributed by atoms with van der Waals surface area (Å²) in [5.41, 5.74) is 0.483. The van der Waals surface area contributed by atoms with Crippen LogP contribution in [0.25, 0.3) is 0 Å². The summed E-state index contributed by atoms with van der Waals surface area (Å²) in [6.07, 6.45) is 7.97. The maximum atomic E-state index is 14.1. The van der Waals surface area contributed by atoms with Crippen molar-refractivity contribution in [2.75, 3.05) is 63.8 Å². The number of hydrogen-bond acceptors (Lipinski definition) is 7. The van der Waals surface area contributed by atoms with Gasteiger partial charge in [-0.3, -0.25) is 14.4 Å². The number of carbonyl (C=O) groups is 3. The molecule has 2 amide bonds. The molecule has 2 heterocycles. The highest BCUT2D eigenvalue weighted by atomic mass is 16.5. The lowest BCUT2D eigenvalue weighted by Gasteiger charge is -2.39. The molecule has 238 valence electrons. The SMILES string of the molecule is COCCCN1C(=O)C(C)(C)Oc2ccc(N(C(=O)[C@H]3CNC[C@@H](C(=O)/C=C/C(CC(C)C)CN(C)C)C3)C3CC3)cc21. The monoisotopic (exact) mass is 596 g/mol. The van der Waals surface area contributed by atoms with Crippen LogP contribution in [0.3, 0.4) is 0 Å². The van der Waals surface area contributed by atoms with E-state index in [0.717, 1.165) is 31.5 Å². The van der Waals surface area contributed by atoms with Crippen LogP contribution in [-0.2, 0) is 19.1 Å². The van der Waals surface area contributed by atoms with Gasteiger partial charge in [0.1, 0.15) is 5.75 Å². The third-order valence-electron chi connectivity index (χ3n) is 8.53. The van der Waals surface area contributed by atoms with Gasteiger partial charge in [0.05, 0.1) is 11.6 Å². The number of anilines is 2. The van der Waals surface area contributed by atoms with E-state index in [1.54, 1.807) is 31.9 Å². The molecule has 1 unspecified atom stereocenters. The van der Waals surface area contributed by atoms with Gasteiger partial charge in [0.2, 0.25) is 5.91 Å². The van der Waals surface area contributed by atoms with Crippen LogP contribution in [0.2, 0.25) is 0 Å². The van der Waals surface area contributed by atoms with Crippen molar-refractivity contribution < 1.29 is 23.9 Å². The minimum atomic E-state index is -0.974. The quantitative estimate of drug-likeness (QED) is 0.253. The number of carbonyl (C=O) groups excluding carboxylic acids is 3. The molecular weight excluding hydrogens is 544 g/mol. The minimum Gasteiger partial charge on any atom is -0.476 e. The third-order valence-corrected chi connectivity index (χ3v) is 8.53. The zero-order valence-electron chi connectivity index (χ0n) is 27.2. The van der Waals surface area contributed by atoms with Crippen molar-refractivity contribution in [2.45, 2.75) is 71.4 Å². The van der Waals surface area contributed by atoms with Gasteiger partial charge < -0.3 is 29.5 Å². The number of nitrogens with one attached hydrogen (secondary N) is 1. The van der Waals surface area contributed by atoms with Gasteiger partial charge in [-0.15, -0.1) is 0 Å². The minimum absolute atomic E-state index is 0.0380. The Morgan fingerprint density at radius 1 is 1.19 bits per heavy atom. The van der Waals surface area contributed by atoms with E-state index in [1.807, 2.05) is 23.1 Å². The second-order valence-electron chi connectivity index (χ2n) is 13.7. The van der Waals surface area contributed by atoms with Gasteiger partial charge >= 0.3 is 0 Å². The van der Waals surface area contributed by atoms with Gasteiger partial charge in [-0.2, -0.15) is 0 Å². The summed E-state index contributed by atoms with van der Waals surface area (Å²) in [4.78, 5) is 46.6. The number of hydrogen-bond donors (Lipinski definition) is 1. The van der Waals surface area contributed by atoms with E-state index in [0.29, 0.717) is 62.4 Å². The summed E-state index contributed by atoms with van der Waals surface area (Å²) in [5.74, 6) is 1.000. The van der Waals surface area contributed by atoms with Crippen LogP contribution >= 0.6 is 0 Å². The molecule has 1 aliphatic carbocycles. The van der Waals surface area contributed by atoms with Gasteiger partial charge in [-0.05, 0) is 96.2 Å². The van der Waals surface area contributed by atoms with E-state index < -0.39 is 5.60 Å². The average molecular weight is 597 g/mol. The Morgan fingerprint density at radius 3 is 2.56 bits per heavy atom. The van der Waals surface area contributed by atoms with Crippen LogP contribution in [0.4, 0.5) is 11.4 Å². The Labute approximate surface area is 257 Å². The zero-order valence-corrected chi connectivity index (χ0v) is 27.2. The fraction of sp³-hybridized carbons (Fsp3) is 0.676. The second kappa shape index (κ2) is 14.4. The second-order valence-corrected chi connectivity index (χ2v) is 13.7. The molecule has 1 saturated carbocycles. The lowest BCUT2D eigenvalue weighted by Crippen LogP contribution is -2.53. The molecule has 1 aromatic carbocycles. The van der Waals surface area contributed by atoms with E-state index in [-0.39, 0.29) is 35.5 Å². The molecule has 2 aliphatic heterocycles. The van der Waals surface area contributed by atoms with Gasteiger partial charge in [0.15, 0.2) is 11.4 Å². The molecule has 0 aromatic heterocycles. The van der Waals surface area contributed by atoms with Crippen LogP contribution in [0.5, 0.6) is 5.75 Å². The predicted molar refractivity (Wildman–Crippen MR) is 171 cm³/mol. The smallest absolute Gasteiger partial charge is 0.270 e. The number of fused-ring (bicyclic) bond motifs is 1. The summed E-state index contributed by atoms with van der Waals surface area (Å²) >= 11 is 0. The number of ketones is 1. The highest BCUT2D eigenvalue weighted by Gasteiger charge is 2.43. The molecule has 0 radical (unpaired) electrons. The lowest BCUT2D eigenvalue weighted by molar-refractivity contribution is -0.132. The van der Waals surface area contributed by atoms with E-state index in [1.165, 1.54) is 0 Å². The molecular formula is C34H52N4O5. The van der Waals surface area contributed by atoms with Crippen LogP contribution in [-0.4, -0.2) is 88.1 Å². The van der Waals surface area contributed by atoms with Crippen molar-refractivity contribution in [3.05, 3.63) is 30.4 Å². The van der Waals surface area contributed by atoms with Crippen molar-refractivity contribution >= 4 is 29.0 Å². The fourth-order valence-corrected chi connectivity index (χ4v) is 6.34. The molecule has 0 spiro atoms. The highest BCUT2D eigenvalue weighted by Crippen LogP contribution is 2.43. The van der Waals surface area contributed by atoms with Gasteiger partial charge in [-0.1, -0.05) is 19.9 Å². The third kappa shape index (κ3) is 8.46. The molecule has 43 heavy (non-hydrogen) atoms. The summed E-state index contributed by atoms with van der Waals surface area (Å²) < 4.78 is 11.3. The normalized spacial score (nSPS) is 22.5. The first kappa shape index (κ1) is 33.1. The molecule has 4 rings (SSSR count). The number of ether oxygens (including phenoxy) is 2. The van der Waals surface area contributed by atoms with E-state index in [4.69, 9.17) is 9.47 Å². The molecule has 9 heteroatoms. The lowest BCUT2D eigenvalue weighted by atomic mass is 9.86. The molecule has 9 nitrogen and oxygen atoms in total. The van der Waals surface area contributed by atoms with Crippen molar-refractivity contribution in [2.24, 2.45) is 23.7 Å². The predicted octanol–water partition coefficient (Wildman–Crippen LogP) is 4.30. The maximum absolute atomic E-state index is 14.1. The van der Waals surface area contributed by atoms with Crippen molar-refractivity contribution in [1.82, 2.24) is 10.2 Å². The highest BCUT2D eigenvalue weighted by molar-refractivity contribution is 6.04. The molecule has 3 aliphatic rings. The number of piperidine rings is 1. The maximum Gasteiger partial charge on any atom is 0.270 e. The van der Waals surface area contributed by atoms with Crippen LogP contribution in [0.15, 0.2) is 30.4 Å². The Hall–Kier alpha value is -2.75. The topological polar surface area (TPSA) is 91.4 Å². The molecule has 1 N–H and O–H groups in total. The number of nitrogens with zero attached hydrogens (tertiary/aromatic N) is 3. The molecule has 2 fully saturated rings. The largest absolute Gasteiger partial charge is 0.476 e. The van der Waals surface area contributed by atoms with Crippen molar-refractivity contribution in [3.8, 4) is 5.75 Å². The van der Waals surface area contributed by atoms with E-state index in [9.17, 15) is 14.4 Å². The van der Waals surface area contributed by atoms with Gasteiger partial charge in [0, 0.05) is 57.5 Å². The number of amides is 2. The summed E-state index contributed by atoms with van der Waals surface area (Å²) in [5, 5.41) is 3.37. The average Bonchev–Trinajstić information content (AvgIpc) is 3.78. The number of rotatable bonds is 14. The fourth-order valence-electron chi connectivity index (χ4n) is 6.34. The number of benzene rings is 1. The molecule has 1 aromatic rings. The Balaban J connectivity index is 1.51. The number of allylic oxidation sites excluding steroid dienone is 1. The Kier molecular flexibility index (Phi) is 11.1. The summed E-state index contributed by atoms with van der Waals surface area (Å²) in [6, 6.07) is 5.85. The van der Waals surface area contributed by atoms with Crippen molar-refractivity contribution in [1.29, 1.82) is 0 Å².